The van der Waals surface area contributed by atoms with Crippen LogP contribution in [-0.4, -0.2) is 14.4 Å². The molecule has 2 rings (SSSR count). The summed E-state index contributed by atoms with van der Waals surface area (Å²) >= 11 is 37.6. The van der Waals surface area contributed by atoms with Crippen LogP contribution in [0.3, 0.4) is 0 Å². The van der Waals surface area contributed by atoms with Gasteiger partial charge in [-0.1, -0.05) is 69.6 Å². The van der Waals surface area contributed by atoms with Gasteiger partial charge in [-0.05, 0) is 49.7 Å². The van der Waals surface area contributed by atoms with E-state index in [-0.39, 0.29) is 17.2 Å². The lowest BCUT2D eigenvalue weighted by molar-refractivity contribution is -0.118. The number of rotatable bonds is 1. The molecule has 1 nitrogen and oxygen atoms in total. The van der Waals surface area contributed by atoms with E-state index in [0.717, 1.165) is 18.4 Å². The number of hydrogen-bond acceptors (Lipinski definition) is 1. The number of carbonyl (C=O) groups excluding carboxylic acids is 1. The third-order valence-corrected chi connectivity index (χ3v) is 6.84. The van der Waals surface area contributed by atoms with E-state index in [0.29, 0.717) is 36.3 Å². The smallest absolute Gasteiger partial charge is 0.211 e. The van der Waals surface area contributed by atoms with Gasteiger partial charge in [0.25, 0.3) is 0 Å². The van der Waals surface area contributed by atoms with E-state index in [1.165, 1.54) is 0 Å². The molecule has 7 heteroatoms. The summed E-state index contributed by atoms with van der Waals surface area (Å²) in [5.41, 5.74) is 1.50. The fraction of sp³-hybridized carbons (Fsp3) is 0.643. The summed E-state index contributed by atoms with van der Waals surface area (Å²) < 4.78 is -2.85. The van der Waals surface area contributed by atoms with Gasteiger partial charge in [0.05, 0.1) is 10.1 Å². The van der Waals surface area contributed by atoms with Crippen molar-refractivity contribution < 1.29 is 4.79 Å². The molecule has 2 aliphatic carbocycles. The summed E-state index contributed by atoms with van der Waals surface area (Å²) in [7, 11) is 0. The Bertz CT molecular complexity index is 518. The van der Waals surface area contributed by atoms with Gasteiger partial charge in [-0.2, -0.15) is 0 Å². The molecule has 118 valence electrons. The van der Waals surface area contributed by atoms with Crippen LogP contribution in [0.5, 0.6) is 0 Å². The van der Waals surface area contributed by atoms with Crippen LogP contribution in [-0.2, 0) is 4.79 Å². The van der Waals surface area contributed by atoms with Crippen molar-refractivity contribution in [2.45, 2.75) is 53.6 Å². The highest BCUT2D eigenvalue weighted by Crippen LogP contribution is 2.49. The van der Waals surface area contributed by atoms with Gasteiger partial charge in [-0.15, -0.1) is 0 Å². The van der Waals surface area contributed by atoms with Crippen LogP contribution in [0.1, 0.15) is 44.9 Å². The highest BCUT2D eigenvalue weighted by molar-refractivity contribution is 6.65. The third-order valence-electron chi connectivity index (χ3n) is 3.84. The largest absolute Gasteiger partial charge is 0.296 e. The van der Waals surface area contributed by atoms with Crippen molar-refractivity contribution >= 4 is 75.4 Å². The van der Waals surface area contributed by atoms with Crippen LogP contribution in [0.4, 0.5) is 0 Å². The van der Waals surface area contributed by atoms with Crippen LogP contribution in [0.2, 0.25) is 0 Å². The molecule has 0 saturated carbocycles. The monoisotopic (exact) mass is 408 g/mol. The molecule has 0 unspecified atom stereocenters. The molecule has 0 saturated heterocycles. The molecule has 0 aliphatic heterocycles. The van der Waals surface area contributed by atoms with E-state index in [2.05, 4.69) is 0 Å². The number of Topliss-reactive ketones (excluding diaryl/α,β-unsaturated/α-hetero) is 1. The van der Waals surface area contributed by atoms with Gasteiger partial charge in [0.2, 0.25) is 4.33 Å². The van der Waals surface area contributed by atoms with Gasteiger partial charge in [0, 0.05) is 6.42 Å². The van der Waals surface area contributed by atoms with Crippen molar-refractivity contribution in [2.24, 2.45) is 0 Å². The third kappa shape index (κ3) is 3.70. The highest BCUT2D eigenvalue weighted by atomic mass is 35.5. The first-order chi connectivity index (χ1) is 9.68. The molecule has 0 amide bonds. The Kier molecular flexibility index (Phi) is 5.89. The second-order valence-electron chi connectivity index (χ2n) is 5.35. The highest BCUT2D eigenvalue weighted by Gasteiger charge is 2.42. The van der Waals surface area contributed by atoms with Crippen molar-refractivity contribution in [1.29, 1.82) is 0 Å². The average molecular weight is 411 g/mol. The van der Waals surface area contributed by atoms with Crippen LogP contribution in [0, 0.1) is 0 Å². The summed E-state index contributed by atoms with van der Waals surface area (Å²) in [4.78, 5) is 12.0. The number of allylic oxidation sites excluding steroid dienone is 4. The molecule has 0 N–H and O–H groups in total. The summed E-state index contributed by atoms with van der Waals surface area (Å²) in [6, 6.07) is 0. The van der Waals surface area contributed by atoms with E-state index >= 15 is 0 Å². The predicted octanol–water partition coefficient (Wildman–Crippen LogP) is 6.65. The minimum absolute atomic E-state index is 0.132. The lowest BCUT2D eigenvalue weighted by Gasteiger charge is -2.22. The van der Waals surface area contributed by atoms with Gasteiger partial charge < -0.3 is 0 Å². The zero-order chi connectivity index (χ0) is 15.8. The second-order valence-corrected chi connectivity index (χ2v) is 8.91. The fourth-order valence-electron chi connectivity index (χ4n) is 2.66. The predicted molar refractivity (Wildman–Crippen MR) is 92.0 cm³/mol. The van der Waals surface area contributed by atoms with Crippen molar-refractivity contribution in [2.75, 3.05) is 0 Å². The molecule has 0 bridgehead atoms. The van der Waals surface area contributed by atoms with Crippen molar-refractivity contribution in [3.63, 3.8) is 0 Å². The van der Waals surface area contributed by atoms with E-state index in [1.54, 1.807) is 0 Å². The Hall–Kier alpha value is 0.890. The topological polar surface area (TPSA) is 17.1 Å². The van der Waals surface area contributed by atoms with Gasteiger partial charge in [0.1, 0.15) is 0 Å². The SMILES string of the molecule is O=C1CCCC(C2=C(Cl)C(Cl)(Cl)CCCC2)=C(Cl)C1(Cl)Cl. The maximum Gasteiger partial charge on any atom is 0.211 e. The maximum absolute atomic E-state index is 12.0. The first-order valence-corrected chi connectivity index (χ1v) is 9.02. The number of carbonyl (C=O) groups is 1. The zero-order valence-corrected chi connectivity index (χ0v) is 15.7. The molecule has 0 aromatic rings. The van der Waals surface area contributed by atoms with Gasteiger partial charge in [-0.3, -0.25) is 4.79 Å². The Labute approximate surface area is 154 Å². The minimum atomic E-state index is -1.72. The van der Waals surface area contributed by atoms with Crippen molar-refractivity contribution in [3.05, 3.63) is 21.2 Å². The number of halogens is 6. The van der Waals surface area contributed by atoms with Gasteiger partial charge in [0.15, 0.2) is 10.1 Å². The molecule has 0 atom stereocenters. The first-order valence-electron chi connectivity index (χ1n) is 6.75. The molecule has 0 spiro atoms. The normalized spacial score (nSPS) is 26.7. The molecule has 0 fully saturated rings. The summed E-state index contributed by atoms with van der Waals surface area (Å²) in [5.74, 6) is -0.292. The Morgan fingerprint density at radius 2 is 1.33 bits per heavy atom. The lowest BCUT2D eigenvalue weighted by Crippen LogP contribution is -2.26. The Balaban J connectivity index is 2.56. The van der Waals surface area contributed by atoms with Crippen LogP contribution in [0.25, 0.3) is 0 Å². The van der Waals surface area contributed by atoms with Gasteiger partial charge >= 0.3 is 0 Å². The Morgan fingerprint density at radius 3 is 2.00 bits per heavy atom. The van der Waals surface area contributed by atoms with Crippen LogP contribution < -0.4 is 0 Å². The zero-order valence-electron chi connectivity index (χ0n) is 11.1. The quantitative estimate of drug-likeness (QED) is 0.442. The van der Waals surface area contributed by atoms with Gasteiger partial charge in [-0.25, -0.2) is 0 Å². The van der Waals surface area contributed by atoms with Crippen LogP contribution >= 0.6 is 69.6 Å². The molecule has 0 radical (unpaired) electrons. The molecule has 21 heavy (non-hydrogen) atoms. The molecule has 2 aliphatic rings. The van der Waals surface area contributed by atoms with E-state index in [4.69, 9.17) is 69.6 Å². The summed E-state index contributed by atoms with van der Waals surface area (Å²) in [5, 5.41) is 0.502. The second kappa shape index (κ2) is 6.79. The molecule has 0 aromatic heterocycles. The first kappa shape index (κ1) is 18.2. The standard InChI is InChI=1S/C14H14Cl6O/c15-11-8(4-1-2-7-13(11,17)18)9-5-3-6-10(21)14(19,20)12(9)16/h1-7H2. The molecular formula is C14H14Cl6O. The lowest BCUT2D eigenvalue weighted by atomic mass is 9.97. The Morgan fingerprint density at radius 1 is 0.762 bits per heavy atom. The van der Waals surface area contributed by atoms with Crippen molar-refractivity contribution in [3.8, 4) is 0 Å². The summed E-state index contributed by atoms with van der Waals surface area (Å²) in [6.45, 7) is 0. The number of ketones is 1. The summed E-state index contributed by atoms with van der Waals surface area (Å²) in [6.07, 6.45) is 4.52. The molecule has 0 aromatic carbocycles. The van der Waals surface area contributed by atoms with E-state index < -0.39 is 8.67 Å². The fourth-order valence-corrected chi connectivity index (χ4v) is 4.19. The molecular weight excluding hydrogens is 397 g/mol. The van der Waals surface area contributed by atoms with E-state index in [9.17, 15) is 4.79 Å². The van der Waals surface area contributed by atoms with Crippen LogP contribution in [0.15, 0.2) is 21.2 Å². The number of hydrogen-bond donors (Lipinski definition) is 0. The minimum Gasteiger partial charge on any atom is -0.296 e. The van der Waals surface area contributed by atoms with E-state index in [1.807, 2.05) is 0 Å². The van der Waals surface area contributed by atoms with Crippen molar-refractivity contribution in [1.82, 2.24) is 0 Å². The molecule has 0 heterocycles. The average Bonchev–Trinajstić information content (AvgIpc) is 2.59. The number of alkyl halides is 4. The maximum atomic E-state index is 12.0.